The third-order valence-electron chi connectivity index (χ3n) is 7.91. The average Bonchev–Trinajstić information content (AvgIpc) is 3.12. The molecule has 1 aromatic heterocycles. The Morgan fingerprint density at radius 3 is 2.69 bits per heavy atom. The molecule has 2 aromatic rings. The molecular formula is C24H30FN3O. The van der Waals surface area contributed by atoms with Crippen LogP contribution in [0.5, 0.6) is 0 Å². The highest BCUT2D eigenvalue weighted by atomic mass is 19.1. The molecule has 1 N–H and O–H groups in total. The Hall–Kier alpha value is -2.17. The summed E-state index contributed by atoms with van der Waals surface area (Å²) in [5.41, 5.74) is 3.82. The summed E-state index contributed by atoms with van der Waals surface area (Å²) in [4.78, 5) is 13.0. The van der Waals surface area contributed by atoms with Crippen LogP contribution in [0.1, 0.15) is 67.7 Å². The fraction of sp³-hybridized carbons (Fsp3) is 0.583. The molecule has 0 radical (unpaired) electrons. The number of nitrogens with zero attached hydrogens (tertiary/aromatic N) is 2. The second kappa shape index (κ2) is 6.96. The Balaban J connectivity index is 1.34. The molecule has 2 unspecified atom stereocenters. The third kappa shape index (κ3) is 3.19. The topological polar surface area (TPSA) is 46.9 Å². The van der Waals surface area contributed by atoms with Gasteiger partial charge >= 0.3 is 0 Å². The van der Waals surface area contributed by atoms with Gasteiger partial charge in [-0.1, -0.05) is 19.9 Å². The standard InChI is InChI=1S/C24H30FN3O/c1-24(2)16-10-15(11-17(24)12-16)14-26-23(29)22-20-8-3-4-9-21(20)28(27-22)19-7-5-6-18(25)13-19/h5-7,13,15-17H,3-4,8-12,14H2,1-2H3,(H,26,29). The molecule has 4 aliphatic rings. The Kier molecular flexibility index (Phi) is 4.52. The van der Waals surface area contributed by atoms with Crippen LogP contribution < -0.4 is 5.32 Å². The van der Waals surface area contributed by atoms with Gasteiger partial charge in [0.05, 0.1) is 5.69 Å². The molecule has 6 rings (SSSR count). The second-order valence-electron chi connectivity index (χ2n) is 9.87. The lowest BCUT2D eigenvalue weighted by atomic mass is 9.47. The molecule has 3 saturated carbocycles. The first-order chi connectivity index (χ1) is 13.9. The zero-order valence-electron chi connectivity index (χ0n) is 17.4. The highest BCUT2D eigenvalue weighted by molar-refractivity contribution is 5.94. The van der Waals surface area contributed by atoms with E-state index in [0.29, 0.717) is 22.7 Å². The van der Waals surface area contributed by atoms with Gasteiger partial charge in [0.15, 0.2) is 5.69 Å². The fourth-order valence-electron chi connectivity index (χ4n) is 5.91. The Labute approximate surface area is 171 Å². The number of halogens is 1. The highest BCUT2D eigenvalue weighted by Crippen LogP contribution is 2.60. The van der Waals surface area contributed by atoms with E-state index in [1.165, 1.54) is 31.4 Å². The maximum Gasteiger partial charge on any atom is 0.272 e. The minimum Gasteiger partial charge on any atom is -0.350 e. The van der Waals surface area contributed by atoms with Gasteiger partial charge in [-0.3, -0.25) is 4.79 Å². The molecule has 1 heterocycles. The van der Waals surface area contributed by atoms with Gasteiger partial charge in [-0.2, -0.15) is 5.10 Å². The van der Waals surface area contributed by atoms with Crippen LogP contribution in [-0.4, -0.2) is 22.2 Å². The van der Waals surface area contributed by atoms with Gasteiger partial charge in [-0.05, 0) is 86.3 Å². The number of benzene rings is 1. The van der Waals surface area contributed by atoms with Crippen LogP contribution >= 0.6 is 0 Å². The van der Waals surface area contributed by atoms with E-state index in [4.69, 9.17) is 0 Å². The molecule has 0 aliphatic heterocycles. The fourth-order valence-corrected chi connectivity index (χ4v) is 5.91. The van der Waals surface area contributed by atoms with Crippen molar-refractivity contribution < 1.29 is 9.18 Å². The lowest BCUT2D eigenvalue weighted by Crippen LogP contribution is -2.52. The molecule has 29 heavy (non-hydrogen) atoms. The van der Waals surface area contributed by atoms with E-state index < -0.39 is 0 Å². The molecule has 4 aliphatic carbocycles. The molecule has 154 valence electrons. The van der Waals surface area contributed by atoms with Crippen molar-refractivity contribution in [1.82, 2.24) is 15.1 Å². The second-order valence-corrected chi connectivity index (χ2v) is 9.87. The van der Waals surface area contributed by atoms with E-state index in [1.807, 2.05) is 6.07 Å². The number of hydrogen-bond donors (Lipinski definition) is 1. The van der Waals surface area contributed by atoms with Crippen LogP contribution in [0.15, 0.2) is 24.3 Å². The largest absolute Gasteiger partial charge is 0.350 e. The number of hydrogen-bond acceptors (Lipinski definition) is 2. The Bertz CT molecular complexity index is 934. The highest BCUT2D eigenvalue weighted by Gasteiger charge is 2.52. The van der Waals surface area contributed by atoms with Crippen LogP contribution in [0, 0.1) is 29.0 Å². The van der Waals surface area contributed by atoms with Gasteiger partial charge in [0, 0.05) is 17.8 Å². The van der Waals surface area contributed by atoms with Crippen LogP contribution in [0.25, 0.3) is 5.69 Å². The summed E-state index contributed by atoms with van der Waals surface area (Å²) in [6.07, 6.45) is 7.71. The monoisotopic (exact) mass is 395 g/mol. The van der Waals surface area contributed by atoms with Gasteiger partial charge < -0.3 is 5.32 Å². The molecular weight excluding hydrogens is 365 g/mol. The van der Waals surface area contributed by atoms with E-state index in [9.17, 15) is 9.18 Å². The van der Waals surface area contributed by atoms with Crippen molar-refractivity contribution in [2.45, 2.75) is 58.8 Å². The smallest absolute Gasteiger partial charge is 0.272 e. The summed E-state index contributed by atoms with van der Waals surface area (Å²) in [7, 11) is 0. The van der Waals surface area contributed by atoms with Gasteiger partial charge in [-0.15, -0.1) is 0 Å². The zero-order chi connectivity index (χ0) is 20.2. The normalized spacial score (nSPS) is 27.1. The van der Waals surface area contributed by atoms with Gasteiger partial charge in [0.2, 0.25) is 0 Å². The number of carbonyl (C=O) groups is 1. The maximum absolute atomic E-state index is 13.7. The number of nitrogens with one attached hydrogen (secondary N) is 1. The summed E-state index contributed by atoms with van der Waals surface area (Å²) in [5, 5.41) is 7.83. The molecule has 0 saturated heterocycles. The lowest BCUT2D eigenvalue weighted by molar-refractivity contribution is -0.0887. The van der Waals surface area contributed by atoms with Crippen LogP contribution in [0.4, 0.5) is 4.39 Å². The van der Waals surface area contributed by atoms with Crippen molar-refractivity contribution in [3.8, 4) is 5.69 Å². The summed E-state index contributed by atoms with van der Waals surface area (Å²) in [6, 6.07) is 6.46. The number of aromatic nitrogens is 2. The number of carbonyl (C=O) groups excluding carboxylic acids is 1. The molecule has 2 bridgehead atoms. The molecule has 4 nitrogen and oxygen atoms in total. The van der Waals surface area contributed by atoms with Crippen LogP contribution in [0.3, 0.4) is 0 Å². The Morgan fingerprint density at radius 1 is 1.21 bits per heavy atom. The maximum atomic E-state index is 13.7. The summed E-state index contributed by atoms with van der Waals surface area (Å²) < 4.78 is 15.5. The minimum absolute atomic E-state index is 0.0724. The molecule has 2 atom stereocenters. The van der Waals surface area contributed by atoms with E-state index in [2.05, 4.69) is 24.3 Å². The van der Waals surface area contributed by atoms with E-state index in [0.717, 1.165) is 55.3 Å². The van der Waals surface area contributed by atoms with Crippen LogP contribution in [0.2, 0.25) is 0 Å². The van der Waals surface area contributed by atoms with E-state index in [1.54, 1.807) is 10.7 Å². The van der Waals surface area contributed by atoms with Crippen LogP contribution in [-0.2, 0) is 12.8 Å². The number of rotatable bonds is 4. The first kappa shape index (κ1) is 18.8. The lowest BCUT2D eigenvalue weighted by Gasteiger charge is -2.59. The van der Waals surface area contributed by atoms with Crippen molar-refractivity contribution >= 4 is 5.91 Å². The average molecular weight is 396 g/mol. The quantitative estimate of drug-likeness (QED) is 0.816. The van der Waals surface area contributed by atoms with Gasteiger partial charge in [0.25, 0.3) is 5.91 Å². The summed E-state index contributed by atoms with van der Waals surface area (Å²) in [6.45, 7) is 5.53. The van der Waals surface area contributed by atoms with Gasteiger partial charge in [-0.25, -0.2) is 9.07 Å². The van der Waals surface area contributed by atoms with Gasteiger partial charge in [0.1, 0.15) is 5.82 Å². The predicted molar refractivity (Wildman–Crippen MR) is 111 cm³/mol. The number of amides is 1. The van der Waals surface area contributed by atoms with Crippen molar-refractivity contribution in [2.75, 3.05) is 6.54 Å². The summed E-state index contributed by atoms with van der Waals surface area (Å²) in [5.74, 6) is 1.84. The van der Waals surface area contributed by atoms with Crippen molar-refractivity contribution in [2.24, 2.45) is 23.2 Å². The predicted octanol–water partition coefficient (Wildman–Crippen LogP) is 4.69. The number of fused-ring (bicyclic) bond motifs is 3. The molecule has 0 spiro atoms. The van der Waals surface area contributed by atoms with Crippen molar-refractivity contribution in [1.29, 1.82) is 0 Å². The Morgan fingerprint density at radius 2 is 1.97 bits per heavy atom. The van der Waals surface area contributed by atoms with E-state index >= 15 is 0 Å². The van der Waals surface area contributed by atoms with Crippen molar-refractivity contribution in [3.05, 3.63) is 47.0 Å². The zero-order valence-corrected chi connectivity index (χ0v) is 17.4. The first-order valence-corrected chi connectivity index (χ1v) is 11.1. The third-order valence-corrected chi connectivity index (χ3v) is 7.91. The molecule has 1 amide bonds. The van der Waals surface area contributed by atoms with E-state index in [-0.39, 0.29) is 11.7 Å². The minimum atomic E-state index is -0.285. The molecule has 3 fully saturated rings. The molecule has 5 heteroatoms. The van der Waals surface area contributed by atoms with Crippen molar-refractivity contribution in [3.63, 3.8) is 0 Å². The molecule has 1 aromatic carbocycles. The summed E-state index contributed by atoms with van der Waals surface area (Å²) >= 11 is 0. The first-order valence-electron chi connectivity index (χ1n) is 11.1. The SMILES string of the molecule is CC1(C)C2CC(CNC(=O)c3nn(-c4cccc(F)c4)c4c3CCCC4)CC1C2.